The van der Waals surface area contributed by atoms with Crippen LogP contribution < -0.4 is 10.1 Å². The number of H-pyrrole nitrogens is 1. The van der Waals surface area contributed by atoms with Crippen molar-refractivity contribution >= 4 is 16.7 Å². The molecule has 1 atom stereocenters. The lowest BCUT2D eigenvalue weighted by atomic mass is 10.2. The van der Waals surface area contributed by atoms with E-state index in [4.69, 9.17) is 4.74 Å². The van der Waals surface area contributed by atoms with Crippen LogP contribution >= 0.6 is 0 Å². The van der Waals surface area contributed by atoms with Gasteiger partial charge >= 0.3 is 0 Å². The fourth-order valence-electron chi connectivity index (χ4n) is 2.62. The summed E-state index contributed by atoms with van der Waals surface area (Å²) in [4.78, 5) is 10.0. The van der Waals surface area contributed by atoms with E-state index in [9.17, 15) is 0 Å². The molecule has 0 aromatic carbocycles. The molecule has 0 radical (unpaired) electrons. The molecule has 5 heteroatoms. The summed E-state index contributed by atoms with van der Waals surface area (Å²) in [5, 5.41) is 4.24. The van der Waals surface area contributed by atoms with Gasteiger partial charge in [0.2, 0.25) is 5.88 Å². The number of nitrogens with one attached hydrogen (secondary N) is 2. The standard InChI is InChI=1S/C14H20N4O/c1-15-12-8-10-5-6-16-13(10)17-14(12)19-9-11-4-3-7-18(11)2/h5-6,8,11,15H,3-4,7,9H2,1-2H3,(H,16,17). The number of aromatic amines is 1. The SMILES string of the molecule is CNc1cc2cc[nH]c2nc1OCC1CCCN1C. The van der Waals surface area contributed by atoms with E-state index in [1.807, 2.05) is 19.3 Å². The van der Waals surface area contributed by atoms with Crippen molar-refractivity contribution in [2.24, 2.45) is 0 Å². The molecule has 2 aromatic heterocycles. The fourth-order valence-corrected chi connectivity index (χ4v) is 2.62. The third kappa shape index (κ3) is 2.38. The lowest BCUT2D eigenvalue weighted by Crippen LogP contribution is -2.30. The Balaban J connectivity index is 1.78. The Labute approximate surface area is 113 Å². The van der Waals surface area contributed by atoms with Crippen molar-refractivity contribution in [3.05, 3.63) is 18.3 Å². The number of anilines is 1. The highest BCUT2D eigenvalue weighted by Crippen LogP contribution is 2.27. The first kappa shape index (κ1) is 12.3. The van der Waals surface area contributed by atoms with Gasteiger partial charge in [0.25, 0.3) is 0 Å². The number of nitrogens with zero attached hydrogens (tertiary/aromatic N) is 2. The highest BCUT2D eigenvalue weighted by molar-refractivity contribution is 5.81. The van der Waals surface area contributed by atoms with Crippen molar-refractivity contribution in [2.45, 2.75) is 18.9 Å². The van der Waals surface area contributed by atoms with Crippen LogP contribution in [-0.2, 0) is 0 Å². The molecule has 5 nitrogen and oxygen atoms in total. The van der Waals surface area contributed by atoms with Crippen molar-refractivity contribution < 1.29 is 4.74 Å². The molecular formula is C14H20N4O. The minimum absolute atomic E-state index is 0.505. The van der Waals surface area contributed by atoms with E-state index >= 15 is 0 Å². The maximum absolute atomic E-state index is 5.92. The van der Waals surface area contributed by atoms with E-state index in [1.54, 1.807) is 0 Å². The van der Waals surface area contributed by atoms with Crippen molar-refractivity contribution in [1.82, 2.24) is 14.9 Å². The van der Waals surface area contributed by atoms with Gasteiger partial charge in [-0.3, -0.25) is 0 Å². The van der Waals surface area contributed by atoms with E-state index in [0.29, 0.717) is 18.5 Å². The van der Waals surface area contributed by atoms with Gasteiger partial charge in [-0.1, -0.05) is 0 Å². The lowest BCUT2D eigenvalue weighted by Gasteiger charge is -2.20. The Kier molecular flexibility index (Phi) is 3.29. The molecule has 1 aliphatic rings. The number of likely N-dealkylation sites (N-methyl/N-ethyl adjacent to an activating group) is 1. The molecule has 3 rings (SSSR count). The van der Waals surface area contributed by atoms with Crippen molar-refractivity contribution in [2.75, 3.05) is 32.6 Å². The van der Waals surface area contributed by atoms with Gasteiger partial charge in [0, 0.05) is 24.7 Å². The Morgan fingerprint density at radius 2 is 2.47 bits per heavy atom. The van der Waals surface area contributed by atoms with Gasteiger partial charge in [-0.25, -0.2) is 0 Å². The Bertz CT molecular complexity index is 566. The minimum Gasteiger partial charge on any atom is -0.474 e. The molecular weight excluding hydrogens is 240 g/mol. The Morgan fingerprint density at radius 1 is 1.58 bits per heavy atom. The maximum Gasteiger partial charge on any atom is 0.239 e. The Morgan fingerprint density at radius 3 is 3.21 bits per heavy atom. The van der Waals surface area contributed by atoms with Crippen LogP contribution in [0.15, 0.2) is 18.3 Å². The van der Waals surface area contributed by atoms with Crippen molar-refractivity contribution in [3.63, 3.8) is 0 Å². The molecule has 0 aliphatic carbocycles. The monoisotopic (exact) mass is 260 g/mol. The number of fused-ring (bicyclic) bond motifs is 1. The topological polar surface area (TPSA) is 53.2 Å². The van der Waals surface area contributed by atoms with Crippen LogP contribution in [0.5, 0.6) is 5.88 Å². The highest BCUT2D eigenvalue weighted by atomic mass is 16.5. The molecule has 1 saturated heterocycles. The van der Waals surface area contributed by atoms with Crippen LogP contribution in [0.25, 0.3) is 11.0 Å². The average molecular weight is 260 g/mol. The van der Waals surface area contributed by atoms with Crippen molar-refractivity contribution in [1.29, 1.82) is 0 Å². The number of pyridine rings is 1. The first-order valence-corrected chi connectivity index (χ1v) is 6.77. The van der Waals surface area contributed by atoms with E-state index in [2.05, 4.69) is 33.3 Å². The number of aromatic nitrogens is 2. The summed E-state index contributed by atoms with van der Waals surface area (Å²) in [5.41, 5.74) is 1.81. The molecule has 0 amide bonds. The third-order valence-corrected chi connectivity index (χ3v) is 3.85. The molecule has 2 N–H and O–H groups in total. The van der Waals surface area contributed by atoms with Gasteiger partial charge in [0.15, 0.2) is 0 Å². The molecule has 1 unspecified atom stereocenters. The number of hydrogen-bond donors (Lipinski definition) is 2. The second-order valence-corrected chi connectivity index (χ2v) is 5.09. The molecule has 3 heterocycles. The van der Waals surface area contributed by atoms with E-state index in [0.717, 1.165) is 23.3 Å². The minimum atomic E-state index is 0.505. The summed E-state index contributed by atoms with van der Waals surface area (Å²) in [5.74, 6) is 0.678. The number of hydrogen-bond acceptors (Lipinski definition) is 4. The Hall–Kier alpha value is -1.75. The number of rotatable bonds is 4. The summed E-state index contributed by atoms with van der Waals surface area (Å²) in [6.07, 6.45) is 4.36. The van der Waals surface area contributed by atoms with Gasteiger partial charge in [-0.15, -0.1) is 0 Å². The van der Waals surface area contributed by atoms with Crippen LogP contribution in [0.2, 0.25) is 0 Å². The summed E-state index contributed by atoms with van der Waals surface area (Å²) in [6.45, 7) is 1.86. The van der Waals surface area contributed by atoms with E-state index < -0.39 is 0 Å². The van der Waals surface area contributed by atoms with E-state index in [1.165, 1.54) is 12.8 Å². The molecule has 0 saturated carbocycles. The quantitative estimate of drug-likeness (QED) is 0.883. The van der Waals surface area contributed by atoms with Crippen molar-refractivity contribution in [3.8, 4) is 5.88 Å². The van der Waals surface area contributed by atoms with Crippen LogP contribution in [0.1, 0.15) is 12.8 Å². The normalized spacial score (nSPS) is 20.0. The molecule has 102 valence electrons. The molecule has 19 heavy (non-hydrogen) atoms. The van der Waals surface area contributed by atoms with Gasteiger partial charge < -0.3 is 19.9 Å². The zero-order valence-electron chi connectivity index (χ0n) is 11.4. The predicted octanol–water partition coefficient (Wildman–Crippen LogP) is 2.08. The summed E-state index contributed by atoms with van der Waals surface area (Å²) in [7, 11) is 4.05. The second-order valence-electron chi connectivity index (χ2n) is 5.09. The third-order valence-electron chi connectivity index (χ3n) is 3.85. The predicted molar refractivity (Wildman–Crippen MR) is 76.8 cm³/mol. The van der Waals surface area contributed by atoms with E-state index in [-0.39, 0.29) is 0 Å². The van der Waals surface area contributed by atoms with Crippen LogP contribution in [-0.4, -0.2) is 48.2 Å². The zero-order chi connectivity index (χ0) is 13.2. The van der Waals surface area contributed by atoms with Gasteiger partial charge in [-0.2, -0.15) is 4.98 Å². The summed E-state index contributed by atoms with van der Waals surface area (Å²) < 4.78 is 5.92. The zero-order valence-corrected chi connectivity index (χ0v) is 11.4. The fraction of sp³-hybridized carbons (Fsp3) is 0.500. The van der Waals surface area contributed by atoms with Crippen LogP contribution in [0.3, 0.4) is 0 Å². The average Bonchev–Trinajstić information content (AvgIpc) is 3.03. The van der Waals surface area contributed by atoms with Gasteiger partial charge in [0.05, 0.1) is 5.69 Å². The maximum atomic E-state index is 5.92. The van der Waals surface area contributed by atoms with Crippen LogP contribution in [0, 0.1) is 0 Å². The molecule has 0 bridgehead atoms. The summed E-state index contributed by atoms with van der Waals surface area (Å²) in [6, 6.07) is 4.58. The van der Waals surface area contributed by atoms with Gasteiger partial charge in [0.1, 0.15) is 12.3 Å². The second kappa shape index (κ2) is 5.09. The molecule has 2 aromatic rings. The lowest BCUT2D eigenvalue weighted by molar-refractivity contribution is 0.194. The largest absolute Gasteiger partial charge is 0.474 e. The smallest absolute Gasteiger partial charge is 0.239 e. The number of ether oxygens (including phenoxy) is 1. The summed E-state index contributed by atoms with van der Waals surface area (Å²) >= 11 is 0. The molecule has 1 fully saturated rings. The first-order valence-electron chi connectivity index (χ1n) is 6.77. The molecule has 0 spiro atoms. The molecule has 1 aliphatic heterocycles. The van der Waals surface area contributed by atoms with Gasteiger partial charge in [-0.05, 0) is 38.6 Å². The van der Waals surface area contributed by atoms with Crippen LogP contribution in [0.4, 0.5) is 5.69 Å². The number of likely N-dealkylation sites (tertiary alicyclic amines) is 1. The highest BCUT2D eigenvalue weighted by Gasteiger charge is 2.22. The first-order chi connectivity index (χ1) is 9.28.